The maximum atomic E-state index is 15.1. The Morgan fingerprint density at radius 2 is 1.97 bits per heavy atom. The number of likely N-dealkylation sites (tertiary alicyclic amines) is 1. The molecular weight excluding hydrogens is 440 g/mol. The van der Waals surface area contributed by atoms with Gasteiger partial charge >= 0.3 is 0 Å². The van der Waals surface area contributed by atoms with Gasteiger partial charge in [0.25, 0.3) is 0 Å². The Morgan fingerprint density at radius 3 is 2.74 bits per heavy atom. The van der Waals surface area contributed by atoms with Crippen molar-refractivity contribution in [2.45, 2.75) is 18.8 Å². The first-order valence-corrected chi connectivity index (χ1v) is 10.9. The zero-order chi connectivity index (χ0) is 23.7. The molecule has 0 aliphatic carbocycles. The molecule has 3 aromatic heterocycles. The summed E-state index contributed by atoms with van der Waals surface area (Å²) in [6.07, 6.45) is 5.28. The van der Waals surface area contributed by atoms with Crippen LogP contribution in [0.2, 0.25) is 0 Å². The molecule has 0 N–H and O–H groups in total. The van der Waals surface area contributed by atoms with Crippen molar-refractivity contribution in [2.75, 3.05) is 13.1 Å². The van der Waals surface area contributed by atoms with Gasteiger partial charge in [-0.05, 0) is 37.1 Å². The lowest BCUT2D eigenvalue weighted by Gasteiger charge is -2.31. The van der Waals surface area contributed by atoms with Crippen LogP contribution in [0.5, 0.6) is 11.6 Å². The molecule has 1 aromatic carbocycles. The van der Waals surface area contributed by atoms with Crippen LogP contribution in [-0.4, -0.2) is 43.6 Å². The largest absolute Gasteiger partial charge is 0.439 e. The van der Waals surface area contributed by atoms with Crippen molar-refractivity contribution < 1.29 is 18.3 Å². The zero-order valence-corrected chi connectivity index (χ0v) is 18.2. The average Bonchev–Trinajstić information content (AvgIpc) is 3.25. The molecule has 1 aliphatic rings. The number of ether oxygens (including phenoxy) is 1. The van der Waals surface area contributed by atoms with Gasteiger partial charge in [0.15, 0.2) is 5.82 Å². The Balaban J connectivity index is 1.54. The second-order valence-electron chi connectivity index (χ2n) is 8.01. The molecule has 0 unspecified atom stereocenters. The van der Waals surface area contributed by atoms with Gasteiger partial charge in [-0.1, -0.05) is 24.8 Å². The molecule has 0 radical (unpaired) electrons. The summed E-state index contributed by atoms with van der Waals surface area (Å²) in [5.41, 5.74) is 0.818. The number of hydrogen-bond acceptors (Lipinski definition) is 5. The second kappa shape index (κ2) is 9.01. The SMILES string of the molecule is C=CC(=O)N1CCC[C@@H](c2nn(-c3ccc(Oc4ccccc4)nc3F)c3cncc(F)c23)C1. The Morgan fingerprint density at radius 1 is 1.15 bits per heavy atom. The van der Waals surface area contributed by atoms with E-state index in [9.17, 15) is 9.18 Å². The zero-order valence-electron chi connectivity index (χ0n) is 18.2. The van der Waals surface area contributed by atoms with E-state index in [1.807, 2.05) is 6.07 Å². The van der Waals surface area contributed by atoms with E-state index in [4.69, 9.17) is 4.74 Å². The standard InChI is InChI=1S/C25H21F2N5O2/c1-2-22(33)31-12-6-7-16(15-31)24-23-18(26)13-28-14-20(23)32(30-24)19-10-11-21(29-25(19)27)34-17-8-4-3-5-9-17/h2-5,8-11,13-14,16H,1,6-7,12,15H2/t16-/m1/s1. The van der Waals surface area contributed by atoms with Crippen molar-refractivity contribution in [1.82, 2.24) is 24.6 Å². The number of benzene rings is 1. The minimum atomic E-state index is -0.819. The van der Waals surface area contributed by atoms with E-state index >= 15 is 4.39 Å². The second-order valence-corrected chi connectivity index (χ2v) is 8.01. The fourth-order valence-corrected chi connectivity index (χ4v) is 4.28. The molecule has 34 heavy (non-hydrogen) atoms. The Labute approximate surface area is 194 Å². The van der Waals surface area contributed by atoms with Crippen LogP contribution < -0.4 is 4.74 Å². The highest BCUT2D eigenvalue weighted by molar-refractivity contribution is 5.87. The van der Waals surface area contributed by atoms with E-state index in [1.54, 1.807) is 29.2 Å². The number of para-hydroxylation sites is 1. The van der Waals surface area contributed by atoms with E-state index in [-0.39, 0.29) is 28.8 Å². The van der Waals surface area contributed by atoms with Crippen molar-refractivity contribution >= 4 is 16.8 Å². The highest BCUT2D eigenvalue weighted by Gasteiger charge is 2.29. The Kier molecular flexibility index (Phi) is 5.75. The molecule has 172 valence electrons. The average molecular weight is 461 g/mol. The topological polar surface area (TPSA) is 73.1 Å². The maximum Gasteiger partial charge on any atom is 0.245 e. The van der Waals surface area contributed by atoms with Gasteiger partial charge in [0.2, 0.25) is 17.7 Å². The summed E-state index contributed by atoms with van der Waals surface area (Å²) in [4.78, 5) is 21.7. The van der Waals surface area contributed by atoms with Crippen LogP contribution in [0.1, 0.15) is 24.5 Å². The third-order valence-corrected chi connectivity index (χ3v) is 5.86. The number of piperidine rings is 1. The van der Waals surface area contributed by atoms with Gasteiger partial charge in [-0.3, -0.25) is 9.78 Å². The first-order chi connectivity index (χ1) is 16.5. The van der Waals surface area contributed by atoms with Crippen LogP contribution in [0.25, 0.3) is 16.6 Å². The summed E-state index contributed by atoms with van der Waals surface area (Å²) in [6, 6.07) is 11.9. The lowest BCUT2D eigenvalue weighted by atomic mass is 9.93. The molecule has 1 atom stereocenters. The molecule has 4 heterocycles. The number of pyridine rings is 2. The fraction of sp³-hybridized carbons (Fsp3) is 0.200. The van der Waals surface area contributed by atoms with Gasteiger partial charge in [0.1, 0.15) is 11.4 Å². The summed E-state index contributed by atoms with van der Waals surface area (Å²) in [6.45, 7) is 4.53. The van der Waals surface area contributed by atoms with Gasteiger partial charge < -0.3 is 9.64 Å². The minimum absolute atomic E-state index is 0.0406. The first-order valence-electron chi connectivity index (χ1n) is 10.9. The summed E-state index contributed by atoms with van der Waals surface area (Å²) in [5.74, 6) is -1.16. The predicted molar refractivity (Wildman–Crippen MR) is 122 cm³/mol. The van der Waals surface area contributed by atoms with Crippen molar-refractivity contribution in [3.8, 4) is 17.3 Å². The predicted octanol–water partition coefficient (Wildman–Crippen LogP) is 4.78. The number of rotatable bonds is 5. The minimum Gasteiger partial charge on any atom is -0.439 e. The van der Waals surface area contributed by atoms with E-state index in [2.05, 4.69) is 21.6 Å². The Hall–Kier alpha value is -4.14. The molecule has 7 nitrogen and oxygen atoms in total. The first kappa shape index (κ1) is 21.7. The molecular formula is C25H21F2N5O2. The molecule has 0 bridgehead atoms. The van der Waals surface area contributed by atoms with Crippen LogP contribution in [0, 0.1) is 11.8 Å². The third kappa shape index (κ3) is 4.00. The molecule has 9 heteroatoms. The monoisotopic (exact) mass is 461 g/mol. The molecule has 4 aromatic rings. The van der Waals surface area contributed by atoms with Crippen LogP contribution in [0.15, 0.2) is 67.5 Å². The highest BCUT2D eigenvalue weighted by Crippen LogP contribution is 2.34. The van der Waals surface area contributed by atoms with Crippen molar-refractivity contribution in [3.05, 3.63) is 85.0 Å². The van der Waals surface area contributed by atoms with Crippen molar-refractivity contribution in [3.63, 3.8) is 0 Å². The summed E-state index contributed by atoms with van der Waals surface area (Å²) >= 11 is 0. The number of amides is 1. The smallest absolute Gasteiger partial charge is 0.245 e. The van der Waals surface area contributed by atoms with Gasteiger partial charge in [-0.2, -0.15) is 14.5 Å². The lowest BCUT2D eigenvalue weighted by Crippen LogP contribution is -2.38. The highest BCUT2D eigenvalue weighted by atomic mass is 19.1. The normalized spacial score (nSPS) is 15.9. The maximum absolute atomic E-state index is 15.1. The van der Waals surface area contributed by atoms with Crippen molar-refractivity contribution in [2.24, 2.45) is 0 Å². The molecule has 0 saturated carbocycles. The van der Waals surface area contributed by atoms with E-state index in [0.29, 0.717) is 30.0 Å². The number of carbonyl (C=O) groups is 1. The number of hydrogen-bond donors (Lipinski definition) is 0. The van der Waals surface area contributed by atoms with Gasteiger partial charge in [0.05, 0.1) is 29.0 Å². The van der Waals surface area contributed by atoms with E-state index in [0.717, 1.165) is 19.0 Å². The number of halogens is 2. The van der Waals surface area contributed by atoms with Crippen LogP contribution in [0.4, 0.5) is 8.78 Å². The Bertz CT molecular complexity index is 1370. The number of nitrogens with zero attached hydrogens (tertiary/aromatic N) is 5. The summed E-state index contributed by atoms with van der Waals surface area (Å²) in [5, 5.41) is 4.85. The number of fused-ring (bicyclic) bond motifs is 1. The molecule has 0 spiro atoms. The molecule has 1 aliphatic heterocycles. The number of aromatic nitrogens is 4. The van der Waals surface area contributed by atoms with Crippen LogP contribution in [0.3, 0.4) is 0 Å². The van der Waals surface area contributed by atoms with E-state index in [1.165, 1.54) is 29.1 Å². The molecule has 1 fully saturated rings. The molecule has 1 saturated heterocycles. The van der Waals surface area contributed by atoms with Gasteiger partial charge in [-0.25, -0.2) is 9.07 Å². The van der Waals surface area contributed by atoms with Crippen LogP contribution in [-0.2, 0) is 4.79 Å². The molecule has 5 rings (SSSR count). The lowest BCUT2D eigenvalue weighted by molar-refractivity contribution is -0.127. The fourth-order valence-electron chi connectivity index (χ4n) is 4.28. The van der Waals surface area contributed by atoms with Crippen LogP contribution >= 0.6 is 0 Å². The third-order valence-electron chi connectivity index (χ3n) is 5.86. The quantitative estimate of drug-likeness (QED) is 0.316. The van der Waals surface area contributed by atoms with Crippen molar-refractivity contribution in [1.29, 1.82) is 0 Å². The number of carbonyl (C=O) groups excluding carboxylic acids is 1. The summed E-state index contributed by atoms with van der Waals surface area (Å²) in [7, 11) is 0. The van der Waals surface area contributed by atoms with Gasteiger partial charge in [0, 0.05) is 25.1 Å². The summed E-state index contributed by atoms with van der Waals surface area (Å²) < 4.78 is 36.9. The van der Waals surface area contributed by atoms with E-state index < -0.39 is 11.8 Å². The van der Waals surface area contributed by atoms with Gasteiger partial charge in [-0.15, -0.1) is 0 Å². The molecule has 1 amide bonds.